The SMILES string of the molecule is CCc1noc2ncc(C(=O)Nc3ccc(F)c(NC(=O)c4ccoc4C)c3)cc12. The van der Waals surface area contributed by atoms with E-state index in [4.69, 9.17) is 8.94 Å². The van der Waals surface area contributed by atoms with Gasteiger partial charge in [0, 0.05) is 11.9 Å². The van der Waals surface area contributed by atoms with Gasteiger partial charge in [-0.3, -0.25) is 9.59 Å². The van der Waals surface area contributed by atoms with E-state index >= 15 is 0 Å². The Balaban J connectivity index is 1.55. The van der Waals surface area contributed by atoms with Crippen LogP contribution in [0.3, 0.4) is 0 Å². The second-order valence-electron chi connectivity index (χ2n) is 6.55. The summed E-state index contributed by atoms with van der Waals surface area (Å²) in [5.41, 5.74) is 1.88. The molecule has 0 radical (unpaired) electrons. The van der Waals surface area contributed by atoms with Crippen molar-refractivity contribution in [2.75, 3.05) is 10.6 Å². The minimum absolute atomic E-state index is 0.0701. The largest absolute Gasteiger partial charge is 0.469 e. The van der Waals surface area contributed by atoms with Gasteiger partial charge in [-0.1, -0.05) is 12.1 Å². The number of aromatic nitrogens is 2. The molecule has 9 heteroatoms. The highest BCUT2D eigenvalue weighted by Crippen LogP contribution is 2.23. The molecule has 0 fully saturated rings. The first-order valence-electron chi connectivity index (χ1n) is 9.17. The first-order chi connectivity index (χ1) is 14.5. The molecular weight excluding hydrogens is 391 g/mol. The number of nitrogens with zero attached hydrogens (tertiary/aromatic N) is 2. The van der Waals surface area contributed by atoms with Gasteiger partial charge in [0.1, 0.15) is 11.6 Å². The minimum Gasteiger partial charge on any atom is -0.469 e. The second-order valence-corrected chi connectivity index (χ2v) is 6.55. The van der Waals surface area contributed by atoms with Crippen molar-refractivity contribution < 1.29 is 22.9 Å². The highest BCUT2D eigenvalue weighted by atomic mass is 19.1. The number of fused-ring (bicyclic) bond motifs is 1. The van der Waals surface area contributed by atoms with Crippen molar-refractivity contribution in [3.63, 3.8) is 0 Å². The number of anilines is 2. The normalized spacial score (nSPS) is 10.9. The van der Waals surface area contributed by atoms with Gasteiger partial charge in [0.15, 0.2) is 0 Å². The van der Waals surface area contributed by atoms with Gasteiger partial charge in [0.05, 0.1) is 34.2 Å². The summed E-state index contributed by atoms with van der Waals surface area (Å²) in [4.78, 5) is 29.1. The highest BCUT2D eigenvalue weighted by Gasteiger charge is 2.16. The Hall–Kier alpha value is -4.01. The minimum atomic E-state index is -0.636. The van der Waals surface area contributed by atoms with Crippen LogP contribution in [-0.4, -0.2) is 22.0 Å². The number of nitrogens with one attached hydrogen (secondary N) is 2. The van der Waals surface area contributed by atoms with E-state index in [-0.39, 0.29) is 5.69 Å². The Labute approximate surface area is 170 Å². The van der Waals surface area contributed by atoms with E-state index in [1.54, 1.807) is 13.0 Å². The molecule has 2 amide bonds. The zero-order valence-electron chi connectivity index (χ0n) is 16.2. The summed E-state index contributed by atoms with van der Waals surface area (Å²) >= 11 is 0. The monoisotopic (exact) mass is 408 g/mol. The maximum atomic E-state index is 14.2. The summed E-state index contributed by atoms with van der Waals surface area (Å²) in [6.45, 7) is 3.55. The van der Waals surface area contributed by atoms with Gasteiger partial charge in [-0.2, -0.15) is 0 Å². The van der Waals surface area contributed by atoms with Crippen LogP contribution in [0.15, 0.2) is 51.7 Å². The molecule has 0 saturated heterocycles. The smallest absolute Gasteiger partial charge is 0.259 e. The molecule has 0 aliphatic rings. The molecule has 4 aromatic rings. The first kappa shape index (κ1) is 19.3. The molecule has 0 aliphatic carbocycles. The number of pyridine rings is 1. The number of benzene rings is 1. The van der Waals surface area contributed by atoms with E-state index < -0.39 is 17.6 Å². The zero-order chi connectivity index (χ0) is 21.3. The van der Waals surface area contributed by atoms with Crippen LogP contribution < -0.4 is 10.6 Å². The second kappa shape index (κ2) is 7.78. The van der Waals surface area contributed by atoms with E-state index in [9.17, 15) is 14.0 Å². The zero-order valence-corrected chi connectivity index (χ0v) is 16.2. The molecule has 2 N–H and O–H groups in total. The summed E-state index contributed by atoms with van der Waals surface area (Å²) in [6, 6.07) is 7.02. The number of hydrogen-bond acceptors (Lipinski definition) is 6. The van der Waals surface area contributed by atoms with Gasteiger partial charge < -0.3 is 19.6 Å². The van der Waals surface area contributed by atoms with Crippen molar-refractivity contribution in [1.82, 2.24) is 10.1 Å². The van der Waals surface area contributed by atoms with Crippen molar-refractivity contribution in [3.8, 4) is 0 Å². The summed E-state index contributed by atoms with van der Waals surface area (Å²) in [5, 5.41) is 9.73. The van der Waals surface area contributed by atoms with Crippen LogP contribution in [-0.2, 0) is 6.42 Å². The molecular formula is C21H17FN4O4. The van der Waals surface area contributed by atoms with E-state index in [0.717, 1.165) is 6.07 Å². The Morgan fingerprint density at radius 3 is 2.70 bits per heavy atom. The lowest BCUT2D eigenvalue weighted by molar-refractivity contribution is 0.101. The summed E-state index contributed by atoms with van der Waals surface area (Å²) in [5.74, 6) is -1.18. The average molecular weight is 408 g/mol. The van der Waals surface area contributed by atoms with E-state index in [1.807, 2.05) is 6.92 Å². The lowest BCUT2D eigenvalue weighted by atomic mass is 10.1. The van der Waals surface area contributed by atoms with Crippen molar-refractivity contribution in [2.24, 2.45) is 0 Å². The summed E-state index contributed by atoms with van der Waals surface area (Å²) in [7, 11) is 0. The van der Waals surface area contributed by atoms with Crippen LogP contribution in [0.1, 0.15) is 39.1 Å². The third-order valence-electron chi connectivity index (χ3n) is 4.58. The number of amides is 2. The predicted molar refractivity (Wildman–Crippen MR) is 107 cm³/mol. The Morgan fingerprint density at radius 1 is 1.13 bits per heavy atom. The van der Waals surface area contributed by atoms with Crippen LogP contribution in [0.25, 0.3) is 11.1 Å². The quantitative estimate of drug-likeness (QED) is 0.509. The van der Waals surface area contributed by atoms with Crippen LogP contribution in [0.5, 0.6) is 0 Å². The molecule has 0 bridgehead atoms. The van der Waals surface area contributed by atoms with E-state index in [2.05, 4.69) is 20.8 Å². The number of carbonyl (C=O) groups excluding carboxylic acids is 2. The average Bonchev–Trinajstić information content (AvgIpc) is 3.35. The lowest BCUT2D eigenvalue weighted by Crippen LogP contribution is -2.15. The number of halogens is 1. The lowest BCUT2D eigenvalue weighted by Gasteiger charge is -2.10. The van der Waals surface area contributed by atoms with Crippen molar-refractivity contribution in [2.45, 2.75) is 20.3 Å². The number of carbonyl (C=O) groups is 2. The fraction of sp³-hybridized carbons (Fsp3) is 0.143. The molecule has 4 rings (SSSR count). The van der Waals surface area contributed by atoms with Gasteiger partial charge in [0.25, 0.3) is 17.5 Å². The van der Waals surface area contributed by atoms with Crippen LogP contribution in [0.2, 0.25) is 0 Å². The fourth-order valence-corrected chi connectivity index (χ4v) is 2.97. The van der Waals surface area contributed by atoms with Gasteiger partial charge in [-0.15, -0.1) is 0 Å². The van der Waals surface area contributed by atoms with Gasteiger partial charge >= 0.3 is 0 Å². The molecule has 3 heterocycles. The number of furan rings is 1. The summed E-state index contributed by atoms with van der Waals surface area (Å²) in [6.07, 6.45) is 3.38. The molecule has 152 valence electrons. The van der Waals surface area contributed by atoms with Crippen molar-refractivity contribution in [3.05, 3.63) is 71.2 Å². The van der Waals surface area contributed by atoms with E-state index in [0.29, 0.717) is 45.8 Å². The fourth-order valence-electron chi connectivity index (χ4n) is 2.97. The van der Waals surface area contributed by atoms with Crippen molar-refractivity contribution >= 4 is 34.3 Å². The molecule has 0 unspecified atom stereocenters. The molecule has 0 saturated carbocycles. The Morgan fingerprint density at radius 2 is 1.97 bits per heavy atom. The Bertz CT molecular complexity index is 1260. The van der Waals surface area contributed by atoms with E-state index in [1.165, 1.54) is 30.7 Å². The van der Waals surface area contributed by atoms with Gasteiger partial charge in [-0.05, 0) is 43.7 Å². The maximum absolute atomic E-state index is 14.2. The van der Waals surface area contributed by atoms with Crippen LogP contribution in [0, 0.1) is 12.7 Å². The number of hydrogen-bond donors (Lipinski definition) is 2. The number of aryl methyl sites for hydroxylation is 2. The molecule has 30 heavy (non-hydrogen) atoms. The highest BCUT2D eigenvalue weighted by molar-refractivity contribution is 6.07. The maximum Gasteiger partial charge on any atom is 0.259 e. The van der Waals surface area contributed by atoms with Gasteiger partial charge in [0.2, 0.25) is 0 Å². The first-order valence-corrected chi connectivity index (χ1v) is 9.17. The third-order valence-corrected chi connectivity index (χ3v) is 4.58. The predicted octanol–water partition coefficient (Wildman–Crippen LogP) is 4.33. The van der Waals surface area contributed by atoms with Crippen molar-refractivity contribution in [1.29, 1.82) is 0 Å². The van der Waals surface area contributed by atoms with Gasteiger partial charge in [-0.25, -0.2) is 9.37 Å². The topological polar surface area (TPSA) is 110 Å². The molecule has 0 atom stereocenters. The van der Waals surface area contributed by atoms with Crippen LogP contribution >= 0.6 is 0 Å². The molecule has 1 aromatic carbocycles. The standard InChI is InChI=1S/C21H17FN4O4/c1-3-17-15-8-12(10-23-21(15)30-26-17)19(27)24-13-4-5-16(22)18(9-13)25-20(28)14-6-7-29-11(14)2/h4-10H,3H2,1-2H3,(H,24,27)(H,25,28). The molecule has 0 spiro atoms. The molecule has 0 aliphatic heterocycles. The molecule has 3 aromatic heterocycles. The summed E-state index contributed by atoms with van der Waals surface area (Å²) < 4.78 is 24.4. The molecule has 8 nitrogen and oxygen atoms in total. The number of rotatable bonds is 5. The van der Waals surface area contributed by atoms with Crippen LogP contribution in [0.4, 0.5) is 15.8 Å². The third kappa shape index (κ3) is 3.64. The Kier molecular flexibility index (Phi) is 5.01.